The van der Waals surface area contributed by atoms with Crippen LogP contribution in [0, 0.1) is 0 Å². The number of nitrogens with zero attached hydrogens (tertiary/aromatic N) is 2. The number of carbonyl (C=O) groups excluding carboxylic acids is 1. The maximum Gasteiger partial charge on any atom is 0.375 e. The lowest BCUT2D eigenvalue weighted by Gasteiger charge is -2.26. The smallest absolute Gasteiger partial charge is 0.375 e. The summed E-state index contributed by atoms with van der Waals surface area (Å²) in [6.45, 7) is 13.5. The second kappa shape index (κ2) is 11.8. The van der Waals surface area contributed by atoms with Crippen molar-refractivity contribution in [3.05, 3.63) is 10.7 Å². The quantitative estimate of drug-likeness (QED) is 0.324. The fourth-order valence-electron chi connectivity index (χ4n) is 2.79. The van der Waals surface area contributed by atoms with Gasteiger partial charge >= 0.3 is 11.9 Å². The average molecular weight is 421 g/mol. The summed E-state index contributed by atoms with van der Waals surface area (Å²) >= 11 is 2.63. The molecule has 0 aromatic carbocycles. The van der Waals surface area contributed by atoms with Gasteiger partial charge < -0.3 is 24.7 Å². The number of hydrogen-bond donors (Lipinski definition) is 2. The molecule has 0 aromatic heterocycles. The molecule has 1 heterocycles. The number of esters is 1. The second-order valence-electron chi connectivity index (χ2n) is 6.15. The minimum absolute atomic E-state index is 0.0903. The second-order valence-corrected chi connectivity index (χ2v) is 8.36. The van der Waals surface area contributed by atoms with E-state index in [0.717, 1.165) is 45.0 Å². The number of thioether (sulfide) groups is 2. The highest BCUT2D eigenvalue weighted by Crippen LogP contribution is 2.41. The number of carboxylic acids is 1. The lowest BCUT2D eigenvalue weighted by Crippen LogP contribution is -2.44. The molecule has 0 saturated heterocycles. The zero-order chi connectivity index (χ0) is 20.4. The maximum absolute atomic E-state index is 12.0. The van der Waals surface area contributed by atoms with Crippen LogP contribution in [0.25, 0.3) is 0 Å². The van der Waals surface area contributed by atoms with Crippen LogP contribution in [0.2, 0.25) is 0 Å². The summed E-state index contributed by atoms with van der Waals surface area (Å²) in [5.41, 5.74) is -1.79. The number of carboxylic acid groups (broad SMARTS) is 1. The van der Waals surface area contributed by atoms with E-state index in [2.05, 4.69) is 37.5 Å². The van der Waals surface area contributed by atoms with Gasteiger partial charge in [-0.05, 0) is 26.2 Å². The van der Waals surface area contributed by atoms with Crippen molar-refractivity contribution >= 4 is 35.5 Å². The van der Waals surface area contributed by atoms with Gasteiger partial charge in [0, 0.05) is 30.3 Å². The third-order valence-corrected chi connectivity index (χ3v) is 6.97. The van der Waals surface area contributed by atoms with Crippen LogP contribution in [0.1, 0.15) is 27.7 Å². The topological polar surface area (TPSA) is 90.3 Å². The predicted octanol–water partition coefficient (Wildman–Crippen LogP) is 2.29. The summed E-state index contributed by atoms with van der Waals surface area (Å²) < 4.78 is 5.17. The van der Waals surface area contributed by atoms with Crippen molar-refractivity contribution in [3.63, 3.8) is 0 Å². The van der Waals surface area contributed by atoms with Crippen LogP contribution in [0.3, 0.4) is 0 Å². The van der Waals surface area contributed by atoms with Crippen molar-refractivity contribution in [2.75, 3.05) is 56.5 Å². The third kappa shape index (κ3) is 6.30. The molecule has 0 bridgehead atoms. The molecule has 1 rings (SSSR count). The fourth-order valence-corrected chi connectivity index (χ4v) is 5.23. The first-order chi connectivity index (χ1) is 12.9. The highest BCUT2D eigenvalue weighted by atomic mass is 32.2. The summed E-state index contributed by atoms with van der Waals surface area (Å²) in [7, 11) is 0. The molecule has 1 aliphatic heterocycles. The molecule has 0 aromatic rings. The Morgan fingerprint density at radius 1 is 1.04 bits per heavy atom. The summed E-state index contributed by atoms with van der Waals surface area (Å²) in [6.07, 6.45) is 0. The van der Waals surface area contributed by atoms with E-state index in [4.69, 9.17) is 4.74 Å². The van der Waals surface area contributed by atoms with E-state index in [9.17, 15) is 19.8 Å². The molecular weight excluding hydrogens is 388 g/mol. The molecule has 0 fully saturated rings. The molecule has 0 spiro atoms. The number of hydrogen-bond acceptors (Lipinski definition) is 8. The third-order valence-electron chi connectivity index (χ3n) is 4.69. The Bertz CT molecular complexity index is 536. The first-order valence-corrected chi connectivity index (χ1v) is 11.6. The molecule has 1 aliphatic rings. The Hall–Kier alpha value is -0.900. The van der Waals surface area contributed by atoms with Gasteiger partial charge in [-0.3, -0.25) is 0 Å². The molecule has 9 heteroatoms. The number of aliphatic carboxylic acids is 1. The Labute approximate surface area is 170 Å². The Morgan fingerprint density at radius 2 is 1.56 bits per heavy atom. The lowest BCUT2D eigenvalue weighted by atomic mass is 10.1. The Kier molecular flexibility index (Phi) is 10.6. The highest BCUT2D eigenvalue weighted by Gasteiger charge is 2.54. The number of ether oxygens (including phenoxy) is 1. The summed E-state index contributed by atoms with van der Waals surface area (Å²) in [4.78, 5) is 28.5. The van der Waals surface area contributed by atoms with Crippen molar-refractivity contribution < 1.29 is 24.5 Å². The minimum Gasteiger partial charge on any atom is -0.501 e. The first kappa shape index (κ1) is 24.1. The molecule has 0 radical (unpaired) electrons. The molecule has 2 N–H and O–H groups in total. The zero-order valence-electron chi connectivity index (χ0n) is 16.7. The van der Waals surface area contributed by atoms with E-state index in [0.29, 0.717) is 5.75 Å². The van der Waals surface area contributed by atoms with Gasteiger partial charge in [-0.25, -0.2) is 9.59 Å². The van der Waals surface area contributed by atoms with Crippen LogP contribution in [0.5, 0.6) is 0 Å². The number of aliphatic hydroxyl groups excluding tert-OH is 1. The molecule has 0 aliphatic carbocycles. The van der Waals surface area contributed by atoms with Crippen molar-refractivity contribution in [1.29, 1.82) is 0 Å². The van der Waals surface area contributed by atoms with E-state index >= 15 is 0 Å². The molecular formula is C18H32N2O5S2. The fraction of sp³-hybridized carbons (Fsp3) is 0.778. The van der Waals surface area contributed by atoms with E-state index in [1.807, 2.05) is 0 Å². The van der Waals surface area contributed by atoms with Crippen LogP contribution in [-0.2, 0) is 14.3 Å². The van der Waals surface area contributed by atoms with Gasteiger partial charge in [0.2, 0.25) is 5.76 Å². The standard InChI is InChI=1S/C18H32N2O5S2/c1-5-19(6-2)9-11-26-13-18(17(23)24)15(14(21)16(22)25-18)27-12-10-20(7-3)8-4/h21H,5-13H2,1-4H3,(H,23,24). The molecule has 1 atom stereocenters. The van der Waals surface area contributed by atoms with Crippen LogP contribution in [-0.4, -0.2) is 94.1 Å². The van der Waals surface area contributed by atoms with Gasteiger partial charge in [0.1, 0.15) is 0 Å². The van der Waals surface area contributed by atoms with Gasteiger partial charge in [-0.15, -0.1) is 11.8 Å². The van der Waals surface area contributed by atoms with Crippen molar-refractivity contribution in [2.24, 2.45) is 0 Å². The van der Waals surface area contributed by atoms with E-state index in [-0.39, 0.29) is 10.7 Å². The Balaban J connectivity index is 2.79. The normalized spacial score (nSPS) is 20.0. The van der Waals surface area contributed by atoms with Gasteiger partial charge in [-0.1, -0.05) is 27.7 Å². The summed E-state index contributed by atoms with van der Waals surface area (Å²) in [5.74, 6) is -1.35. The van der Waals surface area contributed by atoms with Gasteiger partial charge in [0.25, 0.3) is 5.60 Å². The largest absolute Gasteiger partial charge is 0.501 e. The zero-order valence-corrected chi connectivity index (χ0v) is 18.3. The molecule has 0 amide bonds. The minimum atomic E-state index is -1.79. The number of rotatable bonds is 14. The number of aliphatic hydroxyl groups is 1. The van der Waals surface area contributed by atoms with Crippen LogP contribution < -0.4 is 0 Å². The maximum atomic E-state index is 12.0. The first-order valence-electron chi connectivity index (χ1n) is 9.41. The van der Waals surface area contributed by atoms with Gasteiger partial charge in [0.15, 0.2) is 0 Å². The van der Waals surface area contributed by atoms with Crippen LogP contribution in [0.15, 0.2) is 10.7 Å². The lowest BCUT2D eigenvalue weighted by molar-refractivity contribution is -0.165. The van der Waals surface area contributed by atoms with Crippen LogP contribution in [0.4, 0.5) is 0 Å². The van der Waals surface area contributed by atoms with E-state index in [1.54, 1.807) is 0 Å². The van der Waals surface area contributed by atoms with Gasteiger partial charge in [-0.2, -0.15) is 11.8 Å². The van der Waals surface area contributed by atoms with Crippen molar-refractivity contribution in [3.8, 4) is 0 Å². The number of carbonyl (C=O) groups is 2. The molecule has 1 unspecified atom stereocenters. The molecule has 0 saturated carbocycles. The number of cyclic esters (lactones) is 1. The van der Waals surface area contributed by atoms with E-state index in [1.165, 1.54) is 23.5 Å². The Morgan fingerprint density at radius 3 is 2.04 bits per heavy atom. The SMILES string of the molecule is CCN(CC)CCSCC1(C(=O)O)OC(=O)C(O)=C1SCCN(CC)CC. The molecule has 27 heavy (non-hydrogen) atoms. The summed E-state index contributed by atoms with van der Waals surface area (Å²) in [6, 6.07) is 0. The molecule has 7 nitrogen and oxygen atoms in total. The monoisotopic (exact) mass is 420 g/mol. The van der Waals surface area contributed by atoms with Crippen molar-refractivity contribution in [2.45, 2.75) is 33.3 Å². The van der Waals surface area contributed by atoms with Gasteiger partial charge in [0.05, 0.1) is 4.91 Å². The highest BCUT2D eigenvalue weighted by molar-refractivity contribution is 8.03. The van der Waals surface area contributed by atoms with Crippen molar-refractivity contribution in [1.82, 2.24) is 9.80 Å². The molecule has 156 valence electrons. The summed E-state index contributed by atoms with van der Waals surface area (Å²) in [5, 5.41) is 19.9. The predicted molar refractivity (Wildman–Crippen MR) is 111 cm³/mol. The van der Waals surface area contributed by atoms with E-state index < -0.39 is 23.3 Å². The average Bonchev–Trinajstić information content (AvgIpc) is 2.90. The van der Waals surface area contributed by atoms with Crippen LogP contribution >= 0.6 is 23.5 Å².